The van der Waals surface area contributed by atoms with Crippen LogP contribution in [0.3, 0.4) is 0 Å². The predicted molar refractivity (Wildman–Crippen MR) is 73.1 cm³/mol. The zero-order valence-corrected chi connectivity index (χ0v) is 11.2. The fraction of sp³-hybridized carbons (Fsp3) is 0.154. The lowest BCUT2D eigenvalue weighted by Crippen LogP contribution is -2.21. The molecule has 0 unspecified atom stereocenters. The lowest BCUT2D eigenvalue weighted by molar-refractivity contribution is 0.930. The number of aryl methyl sites for hydroxylation is 1. The summed E-state index contributed by atoms with van der Waals surface area (Å²) in [6.45, 7) is 3.68. The third-order valence-corrected chi connectivity index (χ3v) is 3.55. The van der Waals surface area contributed by atoms with Gasteiger partial charge in [-0.15, -0.1) is 10.2 Å². The van der Waals surface area contributed by atoms with E-state index in [2.05, 4.69) is 10.2 Å². The summed E-state index contributed by atoms with van der Waals surface area (Å²) in [6, 6.07) is 5.46. The highest BCUT2D eigenvalue weighted by Gasteiger charge is 2.11. The highest BCUT2D eigenvalue weighted by Crippen LogP contribution is 2.21. The smallest absolute Gasteiger partial charge is 0.281 e. The van der Waals surface area contributed by atoms with Crippen molar-refractivity contribution < 1.29 is 0 Å². The second-order valence-electron chi connectivity index (χ2n) is 4.30. The predicted octanol–water partition coefficient (Wildman–Crippen LogP) is 2.15. The largest absolute Gasteiger partial charge is 0.300 e. The molecule has 1 aromatic carbocycles. The van der Waals surface area contributed by atoms with Crippen molar-refractivity contribution in [3.05, 3.63) is 57.4 Å². The van der Waals surface area contributed by atoms with E-state index in [1.165, 1.54) is 4.57 Å². The molecule has 3 rings (SSSR count). The van der Waals surface area contributed by atoms with Crippen LogP contribution in [0.4, 0.5) is 0 Å². The molecule has 5 nitrogen and oxygen atoms in total. The third kappa shape index (κ3) is 1.74. The first-order chi connectivity index (χ1) is 9.09. The van der Waals surface area contributed by atoms with Crippen LogP contribution in [-0.4, -0.2) is 19.2 Å². The lowest BCUT2D eigenvalue weighted by atomic mass is 10.2. The maximum absolute atomic E-state index is 12.4. The van der Waals surface area contributed by atoms with Crippen LogP contribution in [0.2, 0.25) is 5.02 Å². The van der Waals surface area contributed by atoms with E-state index >= 15 is 0 Å². The van der Waals surface area contributed by atoms with Gasteiger partial charge in [-0.1, -0.05) is 17.7 Å². The van der Waals surface area contributed by atoms with E-state index in [1.54, 1.807) is 29.8 Å². The molecular weight excluding hydrogens is 264 g/mol. The highest BCUT2D eigenvalue weighted by atomic mass is 35.5. The van der Waals surface area contributed by atoms with E-state index < -0.39 is 0 Å². The number of fused-ring (bicyclic) bond motifs is 1. The van der Waals surface area contributed by atoms with Crippen molar-refractivity contribution in [1.82, 2.24) is 19.2 Å². The Morgan fingerprint density at radius 3 is 2.74 bits per heavy atom. The Kier molecular flexibility index (Phi) is 2.64. The van der Waals surface area contributed by atoms with Gasteiger partial charge >= 0.3 is 5.56 Å². The molecule has 0 saturated heterocycles. The van der Waals surface area contributed by atoms with Crippen LogP contribution >= 0.6 is 11.6 Å². The number of nitrogens with zero attached hydrogens (tertiary/aromatic N) is 4. The Bertz CT molecular complexity index is 834. The molecule has 19 heavy (non-hydrogen) atoms. The topological polar surface area (TPSA) is 52.2 Å². The molecule has 0 aliphatic rings. The Morgan fingerprint density at radius 2 is 1.95 bits per heavy atom. The van der Waals surface area contributed by atoms with Gasteiger partial charge in [-0.05, 0) is 31.5 Å². The van der Waals surface area contributed by atoms with E-state index in [1.807, 2.05) is 19.1 Å². The molecule has 3 aromatic rings. The fourth-order valence-corrected chi connectivity index (χ4v) is 2.22. The summed E-state index contributed by atoms with van der Waals surface area (Å²) >= 11 is 6.09. The number of aromatic nitrogens is 4. The molecule has 0 bridgehead atoms. The van der Waals surface area contributed by atoms with Crippen molar-refractivity contribution in [2.45, 2.75) is 13.8 Å². The van der Waals surface area contributed by atoms with E-state index in [-0.39, 0.29) is 5.56 Å². The van der Waals surface area contributed by atoms with Crippen molar-refractivity contribution in [3.63, 3.8) is 0 Å². The highest BCUT2D eigenvalue weighted by molar-refractivity contribution is 6.31. The van der Waals surface area contributed by atoms with Gasteiger partial charge in [0.1, 0.15) is 5.82 Å². The standard InChI is InChI=1S/C13H11ClN4O/c1-8-10(14)4-3-5-11(8)18-7-6-17-9(2)15-16-12(17)13(18)19/h3-7H,1-2H3. The summed E-state index contributed by atoms with van der Waals surface area (Å²) in [5, 5.41) is 8.43. The number of hydrogen-bond donors (Lipinski definition) is 0. The maximum Gasteiger partial charge on any atom is 0.300 e. The minimum absolute atomic E-state index is 0.214. The van der Waals surface area contributed by atoms with Crippen LogP contribution in [-0.2, 0) is 0 Å². The molecule has 0 aliphatic heterocycles. The minimum atomic E-state index is -0.214. The van der Waals surface area contributed by atoms with Gasteiger partial charge in [0, 0.05) is 17.4 Å². The Labute approximate surface area is 114 Å². The molecule has 0 amide bonds. The third-order valence-electron chi connectivity index (χ3n) is 3.14. The molecule has 0 fully saturated rings. The van der Waals surface area contributed by atoms with Crippen molar-refractivity contribution in [1.29, 1.82) is 0 Å². The van der Waals surface area contributed by atoms with Crippen LogP contribution in [0.1, 0.15) is 11.4 Å². The normalized spacial score (nSPS) is 11.1. The van der Waals surface area contributed by atoms with Gasteiger partial charge in [0.25, 0.3) is 0 Å². The summed E-state index contributed by atoms with van der Waals surface area (Å²) in [4.78, 5) is 12.4. The number of halogens is 1. The zero-order chi connectivity index (χ0) is 13.6. The van der Waals surface area contributed by atoms with E-state index in [0.29, 0.717) is 16.5 Å². The molecule has 96 valence electrons. The summed E-state index contributed by atoms with van der Waals surface area (Å²) in [5.74, 6) is 0.682. The first-order valence-corrected chi connectivity index (χ1v) is 6.16. The number of benzene rings is 1. The first kappa shape index (κ1) is 11.9. The average Bonchev–Trinajstić information content (AvgIpc) is 2.77. The summed E-state index contributed by atoms with van der Waals surface area (Å²) in [6.07, 6.45) is 3.47. The summed E-state index contributed by atoms with van der Waals surface area (Å²) in [7, 11) is 0. The number of hydrogen-bond acceptors (Lipinski definition) is 3. The zero-order valence-electron chi connectivity index (χ0n) is 10.5. The van der Waals surface area contributed by atoms with E-state index in [4.69, 9.17) is 11.6 Å². The van der Waals surface area contributed by atoms with Crippen molar-refractivity contribution >= 4 is 17.2 Å². The van der Waals surface area contributed by atoms with Gasteiger partial charge in [0.15, 0.2) is 0 Å². The second-order valence-corrected chi connectivity index (χ2v) is 4.71. The second kappa shape index (κ2) is 4.20. The van der Waals surface area contributed by atoms with Gasteiger partial charge in [0.2, 0.25) is 5.65 Å². The van der Waals surface area contributed by atoms with Crippen LogP contribution in [0.5, 0.6) is 0 Å². The molecule has 2 heterocycles. The van der Waals surface area contributed by atoms with Crippen LogP contribution < -0.4 is 5.56 Å². The average molecular weight is 275 g/mol. The van der Waals surface area contributed by atoms with Gasteiger partial charge in [-0.3, -0.25) is 13.8 Å². The molecule has 0 N–H and O–H groups in total. The van der Waals surface area contributed by atoms with Crippen molar-refractivity contribution in [2.75, 3.05) is 0 Å². The number of rotatable bonds is 1. The molecular formula is C13H11ClN4O. The van der Waals surface area contributed by atoms with Crippen LogP contribution in [0.25, 0.3) is 11.3 Å². The van der Waals surface area contributed by atoms with Crippen molar-refractivity contribution in [2.24, 2.45) is 0 Å². The quantitative estimate of drug-likeness (QED) is 0.683. The molecule has 0 atom stereocenters. The van der Waals surface area contributed by atoms with Gasteiger partial charge in [-0.25, -0.2) is 0 Å². The minimum Gasteiger partial charge on any atom is -0.281 e. The molecule has 6 heteroatoms. The summed E-state index contributed by atoms with van der Waals surface area (Å²) < 4.78 is 3.20. The van der Waals surface area contributed by atoms with Gasteiger partial charge in [-0.2, -0.15) is 0 Å². The first-order valence-electron chi connectivity index (χ1n) is 5.78. The molecule has 0 aliphatic carbocycles. The van der Waals surface area contributed by atoms with Gasteiger partial charge in [0.05, 0.1) is 5.69 Å². The lowest BCUT2D eigenvalue weighted by Gasteiger charge is -2.10. The Balaban J connectivity index is 2.35. The van der Waals surface area contributed by atoms with Gasteiger partial charge < -0.3 is 0 Å². The van der Waals surface area contributed by atoms with Crippen LogP contribution in [0, 0.1) is 13.8 Å². The Hall–Kier alpha value is -2.14. The van der Waals surface area contributed by atoms with Crippen LogP contribution in [0.15, 0.2) is 35.4 Å². The monoisotopic (exact) mass is 274 g/mol. The van der Waals surface area contributed by atoms with Crippen molar-refractivity contribution in [3.8, 4) is 5.69 Å². The summed E-state index contributed by atoms with van der Waals surface area (Å²) in [5.41, 5.74) is 1.69. The SMILES string of the molecule is Cc1c(Cl)cccc1-n1ccn2c(C)nnc2c1=O. The molecule has 0 saturated carbocycles. The van der Waals surface area contributed by atoms with E-state index in [0.717, 1.165) is 11.3 Å². The molecule has 0 spiro atoms. The molecule has 2 aromatic heterocycles. The Morgan fingerprint density at radius 1 is 1.16 bits per heavy atom. The van der Waals surface area contributed by atoms with E-state index in [9.17, 15) is 4.79 Å². The molecule has 0 radical (unpaired) electrons. The maximum atomic E-state index is 12.4. The fourth-order valence-electron chi connectivity index (χ4n) is 2.05.